The molecule has 7 nitrogen and oxygen atoms in total. The number of pyridine rings is 1. The lowest BCUT2D eigenvalue weighted by Crippen LogP contribution is -2.43. The van der Waals surface area contributed by atoms with E-state index in [0.29, 0.717) is 24.8 Å². The SMILES string of the molecule is Cc1ccn([C@@H](CC2CC2)C(=O)N[C@H](C#N)C[C@@H]2CCCC2=O)c(=O)c1NCC(F)(F)F. The van der Waals surface area contributed by atoms with Crippen LogP contribution in [-0.2, 0) is 9.59 Å². The molecule has 10 heteroatoms. The van der Waals surface area contributed by atoms with E-state index in [9.17, 15) is 32.8 Å². The number of hydrogen-bond acceptors (Lipinski definition) is 5. The Balaban J connectivity index is 1.81. The Morgan fingerprint density at radius 3 is 2.56 bits per heavy atom. The van der Waals surface area contributed by atoms with Gasteiger partial charge in [0.2, 0.25) is 5.91 Å². The quantitative estimate of drug-likeness (QED) is 0.599. The van der Waals surface area contributed by atoms with Gasteiger partial charge in [0, 0.05) is 18.5 Å². The third kappa shape index (κ3) is 6.11. The van der Waals surface area contributed by atoms with Gasteiger partial charge in [-0.3, -0.25) is 14.4 Å². The van der Waals surface area contributed by atoms with Gasteiger partial charge in [-0.05, 0) is 50.2 Å². The second-order valence-electron chi connectivity index (χ2n) is 8.73. The number of Topliss-reactive ketones (excluding diaryl/α,β-unsaturated/α-hetero) is 1. The number of aromatic nitrogens is 1. The molecule has 2 aliphatic carbocycles. The highest BCUT2D eigenvalue weighted by molar-refractivity contribution is 5.83. The van der Waals surface area contributed by atoms with Crippen LogP contribution in [0.2, 0.25) is 0 Å². The molecular formula is C22H27F3N4O3. The highest BCUT2D eigenvalue weighted by Gasteiger charge is 2.34. The van der Waals surface area contributed by atoms with Crippen molar-refractivity contribution in [2.24, 2.45) is 11.8 Å². The van der Waals surface area contributed by atoms with Crippen molar-refractivity contribution in [1.82, 2.24) is 9.88 Å². The Bertz CT molecular complexity index is 963. The lowest BCUT2D eigenvalue weighted by Gasteiger charge is -2.23. The third-order valence-electron chi connectivity index (χ3n) is 6.11. The number of amides is 1. The summed E-state index contributed by atoms with van der Waals surface area (Å²) in [7, 11) is 0. The average Bonchev–Trinajstić information content (AvgIpc) is 3.45. The topological polar surface area (TPSA) is 104 Å². The normalized spacial score (nSPS) is 20.5. The van der Waals surface area contributed by atoms with Crippen molar-refractivity contribution >= 4 is 17.4 Å². The van der Waals surface area contributed by atoms with Crippen LogP contribution in [-0.4, -0.2) is 35.0 Å². The van der Waals surface area contributed by atoms with Crippen molar-refractivity contribution in [3.8, 4) is 6.07 Å². The maximum Gasteiger partial charge on any atom is 0.405 e. The van der Waals surface area contributed by atoms with E-state index in [4.69, 9.17) is 0 Å². The fourth-order valence-electron chi connectivity index (χ4n) is 4.14. The minimum absolute atomic E-state index is 0.0872. The number of hydrogen-bond donors (Lipinski definition) is 2. The molecule has 0 radical (unpaired) electrons. The van der Waals surface area contributed by atoms with Crippen LogP contribution in [0.3, 0.4) is 0 Å². The Kier molecular flexibility index (Phi) is 7.26. The highest BCUT2D eigenvalue weighted by Crippen LogP contribution is 2.37. The van der Waals surface area contributed by atoms with Crippen molar-refractivity contribution < 1.29 is 22.8 Å². The number of anilines is 1. The van der Waals surface area contributed by atoms with Crippen LogP contribution in [0.5, 0.6) is 0 Å². The van der Waals surface area contributed by atoms with Crippen molar-refractivity contribution in [3.05, 3.63) is 28.2 Å². The lowest BCUT2D eigenvalue weighted by molar-refractivity contribution is -0.126. The third-order valence-corrected chi connectivity index (χ3v) is 6.11. The number of halogens is 3. The molecule has 2 saturated carbocycles. The van der Waals surface area contributed by atoms with Crippen LogP contribution in [0.4, 0.5) is 18.9 Å². The number of ketones is 1. The number of nitriles is 1. The van der Waals surface area contributed by atoms with Crippen molar-refractivity contribution in [1.29, 1.82) is 5.26 Å². The predicted molar refractivity (Wildman–Crippen MR) is 111 cm³/mol. The summed E-state index contributed by atoms with van der Waals surface area (Å²) in [5, 5.41) is 14.3. The molecule has 0 bridgehead atoms. The molecule has 1 heterocycles. The Morgan fingerprint density at radius 2 is 2.00 bits per heavy atom. The zero-order chi connectivity index (χ0) is 23.5. The second kappa shape index (κ2) is 9.76. The second-order valence-corrected chi connectivity index (χ2v) is 8.73. The summed E-state index contributed by atoms with van der Waals surface area (Å²) in [6.45, 7) is 0.156. The van der Waals surface area contributed by atoms with Gasteiger partial charge in [0.15, 0.2) is 0 Å². The molecule has 2 aliphatic rings. The van der Waals surface area contributed by atoms with Crippen LogP contribution >= 0.6 is 0 Å². The molecule has 2 N–H and O–H groups in total. The molecule has 2 fully saturated rings. The first-order valence-electron chi connectivity index (χ1n) is 10.8. The van der Waals surface area contributed by atoms with Gasteiger partial charge in [-0.1, -0.05) is 12.8 Å². The van der Waals surface area contributed by atoms with Gasteiger partial charge in [-0.25, -0.2) is 0 Å². The van der Waals surface area contributed by atoms with Crippen LogP contribution in [0.1, 0.15) is 56.6 Å². The molecular weight excluding hydrogens is 425 g/mol. The molecule has 32 heavy (non-hydrogen) atoms. The Morgan fingerprint density at radius 1 is 1.28 bits per heavy atom. The van der Waals surface area contributed by atoms with E-state index in [1.807, 2.05) is 6.07 Å². The Labute approximate surface area is 184 Å². The molecule has 0 unspecified atom stereocenters. The summed E-state index contributed by atoms with van der Waals surface area (Å²) in [4.78, 5) is 38.0. The summed E-state index contributed by atoms with van der Waals surface area (Å²) in [6, 6.07) is 1.69. The maximum absolute atomic E-state index is 13.1. The number of carbonyl (C=O) groups excluding carboxylic acids is 2. The molecule has 0 aliphatic heterocycles. The molecule has 3 rings (SSSR count). The van der Waals surface area contributed by atoms with E-state index >= 15 is 0 Å². The number of rotatable bonds is 9. The summed E-state index contributed by atoms with van der Waals surface area (Å²) in [5.41, 5.74) is -0.572. The predicted octanol–water partition coefficient (Wildman–Crippen LogP) is 3.24. The first-order chi connectivity index (χ1) is 15.1. The molecule has 0 spiro atoms. The van der Waals surface area contributed by atoms with Crippen LogP contribution < -0.4 is 16.2 Å². The van der Waals surface area contributed by atoms with E-state index in [-0.39, 0.29) is 29.7 Å². The summed E-state index contributed by atoms with van der Waals surface area (Å²) in [5.74, 6) is -0.477. The first kappa shape index (κ1) is 23.8. The van der Waals surface area contributed by atoms with E-state index in [0.717, 1.165) is 23.8 Å². The highest BCUT2D eigenvalue weighted by atomic mass is 19.4. The van der Waals surface area contributed by atoms with Gasteiger partial charge < -0.3 is 15.2 Å². The van der Waals surface area contributed by atoms with Gasteiger partial charge in [0.25, 0.3) is 5.56 Å². The smallest absolute Gasteiger partial charge is 0.372 e. The number of aryl methyl sites for hydroxylation is 1. The number of nitrogens with one attached hydrogen (secondary N) is 2. The van der Waals surface area contributed by atoms with Gasteiger partial charge in [0.1, 0.15) is 30.1 Å². The van der Waals surface area contributed by atoms with E-state index in [2.05, 4.69) is 10.6 Å². The largest absolute Gasteiger partial charge is 0.405 e. The van der Waals surface area contributed by atoms with Gasteiger partial charge >= 0.3 is 6.18 Å². The molecule has 0 saturated heterocycles. The zero-order valence-corrected chi connectivity index (χ0v) is 17.9. The number of nitrogens with zero attached hydrogens (tertiary/aromatic N) is 2. The van der Waals surface area contributed by atoms with Crippen LogP contribution in [0.25, 0.3) is 0 Å². The van der Waals surface area contributed by atoms with Crippen LogP contribution in [0, 0.1) is 30.1 Å². The monoisotopic (exact) mass is 452 g/mol. The number of carbonyl (C=O) groups is 2. The minimum Gasteiger partial charge on any atom is -0.372 e. The fraction of sp³-hybridized carbons (Fsp3) is 0.636. The van der Waals surface area contributed by atoms with Gasteiger partial charge in [0.05, 0.1) is 6.07 Å². The van der Waals surface area contributed by atoms with E-state index < -0.39 is 36.3 Å². The molecule has 1 amide bonds. The van der Waals surface area contributed by atoms with Gasteiger partial charge in [-0.15, -0.1) is 0 Å². The molecule has 1 aromatic rings. The summed E-state index contributed by atoms with van der Waals surface area (Å²) in [6.07, 6.45) is 1.23. The standard InChI is InChI=1S/C22H27F3N4O3/c1-13-7-8-29(21(32)19(13)27-12-22(23,24)25)17(9-14-5-6-14)20(31)28-16(11-26)10-15-3-2-4-18(15)30/h7-8,14-17,27H,2-6,9-10,12H2,1H3,(H,28,31)/t15-,16-,17-/m0/s1. The van der Waals surface area contributed by atoms with Crippen LogP contribution in [0.15, 0.2) is 17.1 Å². The lowest BCUT2D eigenvalue weighted by atomic mass is 9.97. The average molecular weight is 452 g/mol. The maximum atomic E-state index is 13.1. The molecule has 0 aromatic carbocycles. The number of alkyl halides is 3. The molecule has 3 atom stereocenters. The molecule has 1 aromatic heterocycles. The first-order valence-corrected chi connectivity index (χ1v) is 10.8. The van der Waals surface area contributed by atoms with Crippen molar-refractivity contribution in [3.63, 3.8) is 0 Å². The minimum atomic E-state index is -4.50. The van der Waals surface area contributed by atoms with E-state index in [1.54, 1.807) is 0 Å². The van der Waals surface area contributed by atoms with Crippen molar-refractivity contribution in [2.45, 2.75) is 70.1 Å². The van der Waals surface area contributed by atoms with Crippen molar-refractivity contribution in [2.75, 3.05) is 11.9 Å². The molecule has 174 valence electrons. The van der Waals surface area contributed by atoms with Gasteiger partial charge in [-0.2, -0.15) is 18.4 Å². The fourth-order valence-corrected chi connectivity index (χ4v) is 4.14. The summed E-state index contributed by atoms with van der Waals surface area (Å²) >= 11 is 0. The summed E-state index contributed by atoms with van der Waals surface area (Å²) < 4.78 is 39.1. The Hall–Kier alpha value is -2.83. The van der Waals surface area contributed by atoms with E-state index in [1.165, 1.54) is 19.2 Å². The zero-order valence-electron chi connectivity index (χ0n) is 17.9.